The Morgan fingerprint density at radius 1 is 1.00 bits per heavy atom. The standard InChI is InChI=1S/C9H21NO/c1-8(2)6-10(11-5)7-9(3)4/h8-9H,6-7H2,1-5H3/p+1. The lowest BCUT2D eigenvalue weighted by molar-refractivity contribution is -1.09. The first kappa shape index (κ1) is 10.9. The van der Waals surface area contributed by atoms with E-state index in [0.717, 1.165) is 13.1 Å². The minimum absolute atomic E-state index is 0.712. The summed E-state index contributed by atoms with van der Waals surface area (Å²) in [5.74, 6) is 1.42. The van der Waals surface area contributed by atoms with Crippen molar-refractivity contribution in [2.75, 3.05) is 20.2 Å². The molecule has 1 N–H and O–H groups in total. The van der Waals surface area contributed by atoms with Gasteiger partial charge in [0, 0.05) is 11.8 Å². The van der Waals surface area contributed by atoms with Crippen molar-refractivity contribution in [3.8, 4) is 0 Å². The van der Waals surface area contributed by atoms with Crippen molar-refractivity contribution in [1.82, 2.24) is 0 Å². The average Bonchev–Trinajstić information content (AvgIpc) is 1.84. The fourth-order valence-electron chi connectivity index (χ4n) is 1.16. The maximum Gasteiger partial charge on any atom is 0.109 e. The molecule has 0 rings (SSSR count). The van der Waals surface area contributed by atoms with Gasteiger partial charge in [-0.1, -0.05) is 27.7 Å². The molecule has 0 aliphatic rings. The van der Waals surface area contributed by atoms with Crippen LogP contribution in [0.5, 0.6) is 0 Å². The molecule has 0 aromatic rings. The van der Waals surface area contributed by atoms with Crippen LogP contribution in [0.15, 0.2) is 0 Å². The van der Waals surface area contributed by atoms with Crippen molar-refractivity contribution >= 4 is 0 Å². The quantitative estimate of drug-likeness (QED) is 0.586. The second kappa shape index (κ2) is 5.56. The van der Waals surface area contributed by atoms with Gasteiger partial charge in [0.05, 0.1) is 7.11 Å². The summed E-state index contributed by atoms with van der Waals surface area (Å²) in [5, 5.41) is 1.25. The number of hydroxylamine groups is 2. The average molecular weight is 160 g/mol. The Bertz CT molecular complexity index is 81.6. The van der Waals surface area contributed by atoms with E-state index in [9.17, 15) is 0 Å². The highest BCUT2D eigenvalue weighted by Gasteiger charge is 2.11. The van der Waals surface area contributed by atoms with Crippen molar-refractivity contribution in [3.63, 3.8) is 0 Å². The Morgan fingerprint density at radius 3 is 1.55 bits per heavy atom. The molecule has 0 aliphatic carbocycles. The van der Waals surface area contributed by atoms with Gasteiger partial charge < -0.3 is 0 Å². The molecule has 2 heteroatoms. The van der Waals surface area contributed by atoms with E-state index in [0.29, 0.717) is 11.8 Å². The smallest absolute Gasteiger partial charge is 0.109 e. The Labute approximate surface area is 70.5 Å². The number of nitrogens with one attached hydrogen (secondary N) is 1. The van der Waals surface area contributed by atoms with Gasteiger partial charge in [-0.25, -0.2) is 4.84 Å². The predicted octanol–water partition coefficient (Wildman–Crippen LogP) is 0.745. The van der Waals surface area contributed by atoms with Crippen molar-refractivity contribution in [1.29, 1.82) is 0 Å². The molecule has 0 bridgehead atoms. The topological polar surface area (TPSA) is 13.7 Å². The van der Waals surface area contributed by atoms with Crippen molar-refractivity contribution < 1.29 is 9.90 Å². The molecule has 0 atom stereocenters. The van der Waals surface area contributed by atoms with Crippen LogP contribution in [0, 0.1) is 11.8 Å². The summed E-state index contributed by atoms with van der Waals surface area (Å²) in [6, 6.07) is 0. The Hall–Kier alpha value is -0.0800. The van der Waals surface area contributed by atoms with Crippen LogP contribution in [0.4, 0.5) is 0 Å². The second-order valence-electron chi connectivity index (χ2n) is 3.94. The number of rotatable bonds is 5. The zero-order valence-electron chi connectivity index (χ0n) is 8.48. The van der Waals surface area contributed by atoms with Crippen LogP contribution < -0.4 is 5.06 Å². The van der Waals surface area contributed by atoms with Crippen molar-refractivity contribution in [2.24, 2.45) is 11.8 Å². The molecule has 0 unspecified atom stereocenters. The highest BCUT2D eigenvalue weighted by Crippen LogP contribution is 1.87. The number of quaternary nitrogens is 1. The van der Waals surface area contributed by atoms with Crippen LogP contribution in [-0.2, 0) is 4.84 Å². The molecule has 0 saturated heterocycles. The Morgan fingerprint density at radius 2 is 1.36 bits per heavy atom. The van der Waals surface area contributed by atoms with Gasteiger partial charge in [0.25, 0.3) is 0 Å². The number of hydrogen-bond donors (Lipinski definition) is 1. The molecule has 0 saturated carbocycles. The molecule has 0 radical (unpaired) electrons. The van der Waals surface area contributed by atoms with Crippen LogP contribution in [0.1, 0.15) is 27.7 Å². The zero-order valence-corrected chi connectivity index (χ0v) is 8.48. The summed E-state index contributed by atoms with van der Waals surface area (Å²) < 4.78 is 0. The summed E-state index contributed by atoms with van der Waals surface area (Å²) in [5.41, 5.74) is 0. The summed E-state index contributed by atoms with van der Waals surface area (Å²) in [7, 11) is 1.78. The highest BCUT2D eigenvalue weighted by molar-refractivity contribution is 4.39. The first-order chi connectivity index (χ1) is 5.06. The largest absolute Gasteiger partial charge is 0.208 e. The lowest BCUT2D eigenvalue weighted by Crippen LogP contribution is -3.11. The molecule has 0 heterocycles. The van der Waals surface area contributed by atoms with E-state index < -0.39 is 0 Å². The third-order valence-corrected chi connectivity index (χ3v) is 1.56. The molecule has 0 aromatic heterocycles. The third-order valence-electron chi connectivity index (χ3n) is 1.56. The van der Waals surface area contributed by atoms with E-state index in [2.05, 4.69) is 27.7 Å². The fraction of sp³-hybridized carbons (Fsp3) is 1.00. The minimum atomic E-state index is 0.712. The van der Waals surface area contributed by atoms with Crippen LogP contribution in [0.3, 0.4) is 0 Å². The van der Waals surface area contributed by atoms with Crippen molar-refractivity contribution in [2.45, 2.75) is 27.7 Å². The molecule has 2 nitrogen and oxygen atoms in total. The minimum Gasteiger partial charge on any atom is -0.208 e. The molecule has 0 amide bonds. The molecule has 0 aromatic carbocycles. The van der Waals surface area contributed by atoms with E-state index in [1.165, 1.54) is 5.06 Å². The van der Waals surface area contributed by atoms with Crippen LogP contribution in [0.25, 0.3) is 0 Å². The fourth-order valence-corrected chi connectivity index (χ4v) is 1.16. The second-order valence-corrected chi connectivity index (χ2v) is 3.94. The maximum absolute atomic E-state index is 5.29. The van der Waals surface area contributed by atoms with E-state index in [1.54, 1.807) is 7.11 Å². The van der Waals surface area contributed by atoms with Gasteiger partial charge in [-0.2, -0.15) is 5.06 Å². The summed E-state index contributed by atoms with van der Waals surface area (Å²) in [4.78, 5) is 5.29. The third kappa shape index (κ3) is 6.32. The molecule has 0 aliphatic heterocycles. The SMILES string of the molecule is CO[NH+](CC(C)C)CC(C)C. The Kier molecular flexibility index (Phi) is 5.51. The van der Waals surface area contributed by atoms with E-state index in [4.69, 9.17) is 4.84 Å². The molecule has 68 valence electrons. The van der Waals surface area contributed by atoms with Gasteiger partial charge >= 0.3 is 0 Å². The predicted molar refractivity (Wildman–Crippen MR) is 47.4 cm³/mol. The van der Waals surface area contributed by atoms with Gasteiger partial charge in [-0.3, -0.25) is 0 Å². The van der Waals surface area contributed by atoms with Gasteiger partial charge in [0.1, 0.15) is 13.1 Å². The van der Waals surface area contributed by atoms with E-state index >= 15 is 0 Å². The lowest BCUT2D eigenvalue weighted by atomic mass is 10.2. The maximum atomic E-state index is 5.29. The normalized spacial score (nSPS) is 12.0. The first-order valence-electron chi connectivity index (χ1n) is 4.45. The van der Waals surface area contributed by atoms with Crippen LogP contribution in [0.2, 0.25) is 0 Å². The zero-order chi connectivity index (χ0) is 8.85. The van der Waals surface area contributed by atoms with Gasteiger partial charge in [-0.05, 0) is 0 Å². The van der Waals surface area contributed by atoms with Crippen molar-refractivity contribution in [3.05, 3.63) is 0 Å². The lowest BCUT2D eigenvalue weighted by Gasteiger charge is -2.18. The van der Waals surface area contributed by atoms with Gasteiger partial charge in [0.2, 0.25) is 0 Å². The Balaban J connectivity index is 3.58. The number of hydrogen-bond acceptors (Lipinski definition) is 1. The highest BCUT2D eigenvalue weighted by atomic mass is 16.7. The molecule has 0 spiro atoms. The molecular weight excluding hydrogens is 138 g/mol. The van der Waals surface area contributed by atoms with E-state index in [-0.39, 0.29) is 0 Å². The van der Waals surface area contributed by atoms with Gasteiger partial charge in [-0.15, -0.1) is 0 Å². The summed E-state index contributed by atoms with van der Waals surface area (Å²) in [6.07, 6.45) is 0. The molecule has 0 fully saturated rings. The molecule has 11 heavy (non-hydrogen) atoms. The molecular formula is C9H22NO+. The van der Waals surface area contributed by atoms with E-state index in [1.807, 2.05) is 0 Å². The van der Waals surface area contributed by atoms with Crippen LogP contribution in [-0.4, -0.2) is 20.2 Å². The summed E-state index contributed by atoms with van der Waals surface area (Å²) in [6.45, 7) is 11.1. The van der Waals surface area contributed by atoms with Crippen LogP contribution >= 0.6 is 0 Å². The monoisotopic (exact) mass is 160 g/mol. The van der Waals surface area contributed by atoms with Gasteiger partial charge in [0.15, 0.2) is 0 Å². The first-order valence-corrected chi connectivity index (χ1v) is 4.45. The summed E-state index contributed by atoms with van der Waals surface area (Å²) >= 11 is 0.